The second-order valence-corrected chi connectivity index (χ2v) is 6.52. The highest BCUT2D eigenvalue weighted by Crippen LogP contribution is 2.23. The van der Waals surface area contributed by atoms with Gasteiger partial charge in [-0.15, -0.1) is 0 Å². The van der Waals surface area contributed by atoms with Crippen LogP contribution in [0.1, 0.15) is 62.3 Å². The Bertz CT molecular complexity index is 90.2. The van der Waals surface area contributed by atoms with Gasteiger partial charge in [0, 0.05) is 0 Å². The first-order chi connectivity index (χ1) is 4.94. The summed E-state index contributed by atoms with van der Waals surface area (Å²) in [5.41, 5.74) is 1.00. The summed E-state index contributed by atoms with van der Waals surface area (Å²) in [6.07, 6.45) is 0. The maximum absolute atomic E-state index is 2.26. The first-order valence-corrected chi connectivity index (χ1v) is 4.94. The van der Waals surface area contributed by atoms with E-state index in [1.54, 1.807) is 0 Å². The second-order valence-electron chi connectivity index (χ2n) is 6.52. The van der Waals surface area contributed by atoms with E-state index in [1.165, 1.54) is 0 Å². The highest BCUT2D eigenvalue weighted by atomic mass is 14.2. The molecule has 0 N–H and O–H groups in total. The average Bonchev–Trinajstić information content (AvgIpc) is 1.55. The minimum atomic E-state index is 0.500. The molecule has 0 saturated heterocycles. The minimum Gasteiger partial charge on any atom is -0.0623 e. The minimum absolute atomic E-state index is 0.500. The molecule has 0 atom stereocenters. The molecule has 0 fully saturated rings. The van der Waals surface area contributed by atoms with Crippen LogP contribution < -0.4 is 0 Å². The summed E-state index contributed by atoms with van der Waals surface area (Å²) >= 11 is 0. The number of rotatable bonds is 0. The predicted octanol–water partition coefficient (Wildman–Crippen LogP) is 4.74. The first-order valence-electron chi connectivity index (χ1n) is 4.94. The molecular weight excluding hydrogens is 144 g/mol. The van der Waals surface area contributed by atoms with Crippen molar-refractivity contribution >= 4 is 0 Å². The molecule has 0 heteroatoms. The lowest BCUT2D eigenvalue weighted by molar-refractivity contribution is 0.283. The van der Waals surface area contributed by atoms with Crippen molar-refractivity contribution in [3.63, 3.8) is 0 Å². The lowest BCUT2D eigenvalue weighted by Crippen LogP contribution is -2.12. The Balaban J connectivity index is 0. The van der Waals surface area contributed by atoms with E-state index in [9.17, 15) is 0 Å². The van der Waals surface area contributed by atoms with E-state index in [2.05, 4.69) is 62.3 Å². The molecule has 76 valence electrons. The number of hydrogen-bond donors (Lipinski definition) is 0. The van der Waals surface area contributed by atoms with Crippen LogP contribution in [0.4, 0.5) is 0 Å². The second kappa shape index (κ2) is 4.89. The van der Waals surface area contributed by atoms with Gasteiger partial charge in [0.2, 0.25) is 0 Å². The zero-order valence-electron chi connectivity index (χ0n) is 10.6. The molecule has 12 heavy (non-hydrogen) atoms. The third-order valence-corrected chi connectivity index (χ3v) is 1.73. The van der Waals surface area contributed by atoms with Crippen molar-refractivity contribution in [2.45, 2.75) is 62.3 Å². The molecule has 0 unspecified atom stereocenters. The Hall–Kier alpha value is 0. The van der Waals surface area contributed by atoms with Crippen molar-refractivity contribution in [3.8, 4) is 0 Å². The Morgan fingerprint density at radius 3 is 0.750 bits per heavy atom. The predicted molar refractivity (Wildman–Crippen MR) is 59.4 cm³/mol. The van der Waals surface area contributed by atoms with E-state index < -0.39 is 0 Å². The summed E-state index contributed by atoms with van der Waals surface area (Å²) in [4.78, 5) is 0. The molecule has 0 bridgehead atoms. The molecule has 0 aromatic heterocycles. The van der Waals surface area contributed by atoms with Gasteiger partial charge in [-0.25, -0.2) is 0 Å². The van der Waals surface area contributed by atoms with Crippen molar-refractivity contribution < 1.29 is 0 Å². The van der Waals surface area contributed by atoms with E-state index in [0.29, 0.717) is 10.8 Å². The van der Waals surface area contributed by atoms with Crippen LogP contribution in [0.2, 0.25) is 0 Å². The molecule has 0 aliphatic rings. The van der Waals surface area contributed by atoms with Gasteiger partial charge in [-0.3, -0.25) is 0 Å². The molecule has 0 heterocycles. The molecule has 0 nitrogen and oxygen atoms in total. The summed E-state index contributed by atoms with van der Waals surface area (Å²) in [5, 5.41) is 0. The van der Waals surface area contributed by atoms with Gasteiger partial charge in [-0.05, 0) is 16.7 Å². The van der Waals surface area contributed by atoms with Gasteiger partial charge in [-0.1, -0.05) is 62.3 Å². The molecule has 0 aromatic carbocycles. The van der Waals surface area contributed by atoms with Gasteiger partial charge < -0.3 is 0 Å². The van der Waals surface area contributed by atoms with Crippen LogP contribution in [0, 0.1) is 16.7 Å². The van der Waals surface area contributed by atoms with Crippen molar-refractivity contribution in [3.05, 3.63) is 0 Å². The summed E-state index contributed by atoms with van der Waals surface area (Å²) < 4.78 is 0. The SMILES string of the molecule is CC(C)(C)C.CC(C)C(C)(C)C. The highest BCUT2D eigenvalue weighted by molar-refractivity contribution is 4.64. The van der Waals surface area contributed by atoms with Gasteiger partial charge in [0.05, 0.1) is 0 Å². The Kier molecular flexibility index (Phi) is 5.92. The third kappa shape index (κ3) is 22.5. The molecule has 0 aromatic rings. The van der Waals surface area contributed by atoms with Crippen molar-refractivity contribution in [1.82, 2.24) is 0 Å². The molecule has 0 radical (unpaired) electrons. The molecule has 0 spiro atoms. The van der Waals surface area contributed by atoms with Gasteiger partial charge in [0.1, 0.15) is 0 Å². The first kappa shape index (κ1) is 14.5. The Morgan fingerprint density at radius 2 is 0.750 bits per heavy atom. The summed E-state index contributed by atoms with van der Waals surface area (Å²) in [6.45, 7) is 20.0. The Labute approximate surface area is 79.8 Å². The van der Waals surface area contributed by atoms with Crippen molar-refractivity contribution in [2.24, 2.45) is 16.7 Å². The van der Waals surface area contributed by atoms with Crippen LogP contribution in [-0.2, 0) is 0 Å². The van der Waals surface area contributed by atoms with E-state index in [4.69, 9.17) is 0 Å². The number of hydrogen-bond acceptors (Lipinski definition) is 0. The van der Waals surface area contributed by atoms with Crippen LogP contribution >= 0.6 is 0 Å². The maximum Gasteiger partial charge on any atom is -0.0360 e. The fourth-order valence-corrected chi connectivity index (χ4v) is 0. The molecular formula is C12H28. The smallest absolute Gasteiger partial charge is 0.0360 e. The van der Waals surface area contributed by atoms with E-state index in [-0.39, 0.29) is 0 Å². The van der Waals surface area contributed by atoms with Crippen LogP contribution in [0.25, 0.3) is 0 Å². The molecule has 0 amide bonds. The van der Waals surface area contributed by atoms with Crippen LogP contribution in [0.5, 0.6) is 0 Å². The summed E-state index contributed by atoms with van der Waals surface area (Å²) in [6, 6.07) is 0. The largest absolute Gasteiger partial charge is 0.0623 e. The van der Waals surface area contributed by atoms with Crippen molar-refractivity contribution in [1.29, 1.82) is 0 Å². The average molecular weight is 172 g/mol. The molecule has 0 rings (SSSR count). The van der Waals surface area contributed by atoms with Gasteiger partial charge >= 0.3 is 0 Å². The van der Waals surface area contributed by atoms with Crippen LogP contribution in [0.15, 0.2) is 0 Å². The summed E-state index contributed by atoms with van der Waals surface area (Å²) in [5.74, 6) is 0.799. The summed E-state index contributed by atoms with van der Waals surface area (Å²) in [7, 11) is 0. The molecule has 0 aliphatic heterocycles. The lowest BCUT2D eigenvalue weighted by atomic mass is 9.84. The van der Waals surface area contributed by atoms with Gasteiger partial charge in [0.25, 0.3) is 0 Å². The highest BCUT2D eigenvalue weighted by Gasteiger charge is 2.13. The molecule has 0 aliphatic carbocycles. The van der Waals surface area contributed by atoms with E-state index in [0.717, 1.165) is 5.92 Å². The van der Waals surface area contributed by atoms with Gasteiger partial charge in [-0.2, -0.15) is 0 Å². The fraction of sp³-hybridized carbons (Fsp3) is 1.00. The van der Waals surface area contributed by atoms with Crippen molar-refractivity contribution in [2.75, 3.05) is 0 Å². The fourth-order valence-electron chi connectivity index (χ4n) is 0. The normalized spacial score (nSPS) is 12.5. The monoisotopic (exact) mass is 172 g/mol. The zero-order chi connectivity index (χ0) is 10.6. The van der Waals surface area contributed by atoms with Crippen LogP contribution in [0.3, 0.4) is 0 Å². The van der Waals surface area contributed by atoms with Gasteiger partial charge in [0.15, 0.2) is 0 Å². The zero-order valence-corrected chi connectivity index (χ0v) is 10.6. The maximum atomic E-state index is 2.26. The molecule has 0 saturated carbocycles. The Morgan fingerprint density at radius 1 is 0.667 bits per heavy atom. The van der Waals surface area contributed by atoms with Crippen LogP contribution in [-0.4, -0.2) is 0 Å². The van der Waals surface area contributed by atoms with E-state index >= 15 is 0 Å². The van der Waals surface area contributed by atoms with E-state index in [1.807, 2.05) is 0 Å². The topological polar surface area (TPSA) is 0 Å². The quantitative estimate of drug-likeness (QED) is 0.495. The standard InChI is InChI=1S/C7H16.C5H12/c1-6(2)7(3,4)5;1-5(2,3)4/h6H,1-5H3;1-4H3. The lowest BCUT2D eigenvalue weighted by Gasteiger charge is -2.22. The third-order valence-electron chi connectivity index (χ3n) is 1.73.